The van der Waals surface area contributed by atoms with Crippen LogP contribution in [0.4, 0.5) is 0 Å². The maximum atomic E-state index is 11.1. The van der Waals surface area contributed by atoms with Gasteiger partial charge in [-0.1, -0.05) is 6.08 Å². The van der Waals surface area contributed by atoms with Gasteiger partial charge in [0, 0.05) is 11.5 Å². The van der Waals surface area contributed by atoms with E-state index in [-0.39, 0.29) is 18.3 Å². The number of hydrogen-bond acceptors (Lipinski definition) is 3. The Morgan fingerprint density at radius 2 is 2.46 bits per heavy atom. The standard InChI is InChI=1S/C9H12O4/c1-2-7-6(5-8(10)11)3-4-13-9(7)12/h2,6H,3-5H2,1H3,(H,10,11)/b7-2-/t6-/m0/s1. The van der Waals surface area contributed by atoms with Crippen molar-refractivity contribution in [2.45, 2.75) is 19.8 Å². The van der Waals surface area contributed by atoms with E-state index in [2.05, 4.69) is 0 Å². The third-order valence-electron chi connectivity index (χ3n) is 2.11. The molecule has 1 heterocycles. The molecule has 4 heteroatoms. The summed E-state index contributed by atoms with van der Waals surface area (Å²) in [5.74, 6) is -1.43. The highest BCUT2D eigenvalue weighted by atomic mass is 16.5. The molecule has 0 aromatic heterocycles. The van der Waals surface area contributed by atoms with Gasteiger partial charge in [-0.3, -0.25) is 4.79 Å². The highest BCUT2D eigenvalue weighted by molar-refractivity contribution is 5.90. The normalized spacial score (nSPS) is 25.8. The molecule has 0 unspecified atom stereocenters. The smallest absolute Gasteiger partial charge is 0.333 e. The van der Waals surface area contributed by atoms with E-state index in [1.807, 2.05) is 0 Å². The van der Waals surface area contributed by atoms with Gasteiger partial charge in [0.1, 0.15) is 0 Å². The number of aliphatic carboxylic acids is 1. The van der Waals surface area contributed by atoms with Crippen LogP contribution in [-0.2, 0) is 14.3 Å². The molecule has 0 radical (unpaired) electrons. The molecular weight excluding hydrogens is 172 g/mol. The van der Waals surface area contributed by atoms with Crippen LogP contribution in [0.3, 0.4) is 0 Å². The van der Waals surface area contributed by atoms with Crippen molar-refractivity contribution in [2.75, 3.05) is 6.61 Å². The number of allylic oxidation sites excluding steroid dienone is 1. The van der Waals surface area contributed by atoms with Crippen molar-refractivity contribution in [3.05, 3.63) is 11.6 Å². The summed E-state index contributed by atoms with van der Waals surface area (Å²) in [5.41, 5.74) is 0.494. The van der Waals surface area contributed by atoms with Crippen molar-refractivity contribution in [3.63, 3.8) is 0 Å². The second-order valence-electron chi connectivity index (χ2n) is 2.96. The van der Waals surface area contributed by atoms with Crippen molar-refractivity contribution in [2.24, 2.45) is 5.92 Å². The van der Waals surface area contributed by atoms with Crippen LogP contribution in [0.15, 0.2) is 11.6 Å². The predicted octanol–water partition coefficient (Wildman–Crippen LogP) is 0.971. The zero-order valence-electron chi connectivity index (χ0n) is 7.45. The summed E-state index contributed by atoms with van der Waals surface area (Å²) in [6.45, 7) is 2.05. The van der Waals surface area contributed by atoms with E-state index in [4.69, 9.17) is 9.84 Å². The predicted molar refractivity (Wildman–Crippen MR) is 45.1 cm³/mol. The van der Waals surface area contributed by atoms with Crippen LogP contribution in [0.2, 0.25) is 0 Å². The fourth-order valence-electron chi connectivity index (χ4n) is 1.48. The summed E-state index contributed by atoms with van der Waals surface area (Å²) >= 11 is 0. The molecule has 0 aromatic rings. The van der Waals surface area contributed by atoms with Crippen molar-refractivity contribution < 1.29 is 19.4 Å². The van der Waals surface area contributed by atoms with Gasteiger partial charge in [-0.2, -0.15) is 0 Å². The Morgan fingerprint density at radius 1 is 1.77 bits per heavy atom. The molecule has 0 amide bonds. The topological polar surface area (TPSA) is 63.6 Å². The lowest BCUT2D eigenvalue weighted by Gasteiger charge is -2.22. The fraction of sp³-hybridized carbons (Fsp3) is 0.556. The quantitative estimate of drug-likeness (QED) is 0.513. The van der Waals surface area contributed by atoms with Gasteiger partial charge in [0.25, 0.3) is 0 Å². The van der Waals surface area contributed by atoms with Crippen LogP contribution < -0.4 is 0 Å². The number of carboxylic acids is 1. The number of cyclic esters (lactones) is 1. The van der Waals surface area contributed by atoms with Crippen LogP contribution in [0.1, 0.15) is 19.8 Å². The average molecular weight is 184 g/mol. The zero-order chi connectivity index (χ0) is 9.84. The summed E-state index contributed by atoms with van der Waals surface area (Å²) in [7, 11) is 0. The molecule has 1 N–H and O–H groups in total. The number of ether oxygens (including phenoxy) is 1. The average Bonchev–Trinajstić information content (AvgIpc) is 2.03. The molecule has 0 aliphatic carbocycles. The largest absolute Gasteiger partial charge is 0.481 e. The zero-order valence-corrected chi connectivity index (χ0v) is 7.45. The van der Waals surface area contributed by atoms with E-state index in [0.29, 0.717) is 18.6 Å². The van der Waals surface area contributed by atoms with Gasteiger partial charge in [0.2, 0.25) is 0 Å². The third-order valence-corrected chi connectivity index (χ3v) is 2.11. The van der Waals surface area contributed by atoms with Gasteiger partial charge >= 0.3 is 11.9 Å². The molecular formula is C9H12O4. The van der Waals surface area contributed by atoms with Crippen LogP contribution in [0.25, 0.3) is 0 Å². The molecule has 1 saturated heterocycles. The van der Waals surface area contributed by atoms with Gasteiger partial charge < -0.3 is 9.84 Å². The molecule has 13 heavy (non-hydrogen) atoms. The van der Waals surface area contributed by atoms with E-state index in [0.717, 1.165) is 0 Å². The lowest BCUT2D eigenvalue weighted by molar-refractivity contribution is -0.144. The first kappa shape index (κ1) is 9.77. The third kappa shape index (κ3) is 2.31. The van der Waals surface area contributed by atoms with Crippen molar-refractivity contribution >= 4 is 11.9 Å². The van der Waals surface area contributed by atoms with Crippen molar-refractivity contribution in [3.8, 4) is 0 Å². The molecule has 0 bridgehead atoms. The summed E-state index contributed by atoms with van der Waals surface area (Å²) < 4.78 is 4.79. The fourth-order valence-corrected chi connectivity index (χ4v) is 1.48. The second-order valence-corrected chi connectivity index (χ2v) is 2.96. The van der Waals surface area contributed by atoms with Crippen LogP contribution in [0.5, 0.6) is 0 Å². The molecule has 4 nitrogen and oxygen atoms in total. The van der Waals surface area contributed by atoms with Gasteiger partial charge in [0.05, 0.1) is 13.0 Å². The number of carbonyl (C=O) groups excluding carboxylic acids is 1. The second kappa shape index (κ2) is 4.07. The summed E-state index contributed by atoms with van der Waals surface area (Å²) in [6, 6.07) is 0. The van der Waals surface area contributed by atoms with E-state index in [9.17, 15) is 9.59 Å². The van der Waals surface area contributed by atoms with Crippen molar-refractivity contribution in [1.29, 1.82) is 0 Å². The Morgan fingerprint density at radius 3 is 3.00 bits per heavy atom. The minimum absolute atomic E-state index is 0.00870. The number of hydrogen-bond donors (Lipinski definition) is 1. The Hall–Kier alpha value is -1.32. The summed E-state index contributed by atoms with van der Waals surface area (Å²) in [6.07, 6.45) is 2.25. The van der Waals surface area contributed by atoms with Crippen molar-refractivity contribution in [1.82, 2.24) is 0 Å². The lowest BCUT2D eigenvalue weighted by Crippen LogP contribution is -2.26. The van der Waals surface area contributed by atoms with Crippen LogP contribution in [0, 0.1) is 5.92 Å². The molecule has 1 rings (SSSR count). The van der Waals surface area contributed by atoms with Gasteiger partial charge in [-0.25, -0.2) is 4.79 Å². The van der Waals surface area contributed by atoms with E-state index < -0.39 is 5.97 Å². The molecule has 0 aromatic carbocycles. The molecule has 1 aliphatic rings. The number of rotatable bonds is 2. The molecule has 0 spiro atoms. The maximum absolute atomic E-state index is 11.1. The molecule has 1 atom stereocenters. The maximum Gasteiger partial charge on any atom is 0.333 e. The Balaban J connectivity index is 2.71. The number of esters is 1. The van der Waals surface area contributed by atoms with Crippen LogP contribution in [-0.4, -0.2) is 23.7 Å². The van der Waals surface area contributed by atoms with Gasteiger partial charge in [0.15, 0.2) is 0 Å². The first-order valence-electron chi connectivity index (χ1n) is 4.20. The highest BCUT2D eigenvalue weighted by Crippen LogP contribution is 2.25. The minimum atomic E-state index is -0.876. The SMILES string of the molecule is C/C=C1\C(=O)OCC[C@H]1CC(=O)O. The summed E-state index contributed by atoms with van der Waals surface area (Å²) in [5, 5.41) is 8.59. The lowest BCUT2D eigenvalue weighted by atomic mass is 9.90. The first-order chi connectivity index (χ1) is 6.15. The van der Waals surface area contributed by atoms with Gasteiger partial charge in [-0.15, -0.1) is 0 Å². The first-order valence-corrected chi connectivity index (χ1v) is 4.20. The molecule has 72 valence electrons. The molecule has 1 aliphatic heterocycles. The molecule has 0 saturated carbocycles. The summed E-state index contributed by atoms with van der Waals surface area (Å²) in [4.78, 5) is 21.6. The Labute approximate surface area is 76.2 Å². The van der Waals surface area contributed by atoms with Gasteiger partial charge in [-0.05, 0) is 13.3 Å². The Kier molecular flexibility index (Phi) is 3.06. The highest BCUT2D eigenvalue weighted by Gasteiger charge is 2.27. The van der Waals surface area contributed by atoms with E-state index >= 15 is 0 Å². The number of carbonyl (C=O) groups is 2. The Bertz CT molecular complexity index is 254. The van der Waals surface area contributed by atoms with E-state index in [1.165, 1.54) is 0 Å². The molecule has 1 fully saturated rings. The monoisotopic (exact) mass is 184 g/mol. The van der Waals surface area contributed by atoms with E-state index in [1.54, 1.807) is 13.0 Å². The minimum Gasteiger partial charge on any atom is -0.481 e. The number of carboxylic acid groups (broad SMARTS) is 1. The van der Waals surface area contributed by atoms with Crippen LogP contribution >= 0.6 is 0 Å².